The van der Waals surface area contributed by atoms with E-state index in [1.165, 1.54) is 0 Å². The Morgan fingerprint density at radius 1 is 0.926 bits per heavy atom. The second kappa shape index (κ2) is 7.25. The van der Waals surface area contributed by atoms with Gasteiger partial charge < -0.3 is 14.8 Å². The highest BCUT2D eigenvalue weighted by molar-refractivity contribution is 7.17. The summed E-state index contributed by atoms with van der Waals surface area (Å²) in [7, 11) is 3.33. The molecule has 0 unspecified atom stereocenters. The Morgan fingerprint density at radius 2 is 1.70 bits per heavy atom. The summed E-state index contributed by atoms with van der Waals surface area (Å²) in [4.78, 5) is 10.2. The van der Waals surface area contributed by atoms with E-state index in [1.807, 2.05) is 55.5 Å². The van der Waals surface area contributed by atoms with E-state index in [9.17, 15) is 0 Å². The van der Waals surface area contributed by atoms with Crippen LogP contribution in [0.3, 0.4) is 0 Å². The fourth-order valence-electron chi connectivity index (χ4n) is 3.00. The zero-order chi connectivity index (χ0) is 18.8. The molecule has 5 nitrogen and oxygen atoms in total. The summed E-state index contributed by atoms with van der Waals surface area (Å²) in [6, 6.07) is 15.8. The Hall–Kier alpha value is -3.12. The molecule has 0 bridgehead atoms. The van der Waals surface area contributed by atoms with Crippen LogP contribution in [0.25, 0.3) is 21.3 Å². The molecule has 0 saturated carbocycles. The molecule has 6 heteroatoms. The van der Waals surface area contributed by atoms with Crippen molar-refractivity contribution in [2.45, 2.75) is 6.92 Å². The molecular formula is C21H19N3O2S. The quantitative estimate of drug-likeness (QED) is 0.503. The van der Waals surface area contributed by atoms with Crippen LogP contribution in [0.5, 0.6) is 11.5 Å². The van der Waals surface area contributed by atoms with Crippen LogP contribution < -0.4 is 14.8 Å². The number of thiophene rings is 1. The fourth-order valence-corrected chi connectivity index (χ4v) is 3.99. The molecule has 0 aliphatic rings. The summed E-state index contributed by atoms with van der Waals surface area (Å²) in [6.45, 7) is 1.90. The van der Waals surface area contributed by atoms with Gasteiger partial charge in [-0.25, -0.2) is 9.97 Å². The fraction of sp³-hybridized carbons (Fsp3) is 0.143. The first kappa shape index (κ1) is 17.3. The average molecular weight is 377 g/mol. The Kier molecular flexibility index (Phi) is 4.64. The maximum atomic E-state index is 5.46. The smallest absolute Gasteiger partial charge is 0.143 e. The number of hydrogen-bond acceptors (Lipinski definition) is 6. The Bertz CT molecular complexity index is 1090. The third-order valence-electron chi connectivity index (χ3n) is 4.31. The predicted octanol–water partition coefficient (Wildman–Crippen LogP) is 5.43. The number of nitrogens with zero attached hydrogens (tertiary/aromatic N) is 2. The molecule has 0 aliphatic carbocycles. The summed E-state index contributed by atoms with van der Waals surface area (Å²) < 4.78 is 10.7. The standard InChI is InChI=1S/C21H19N3O2S/c1-13-22-20(24-17-6-4-5-7-18(17)26-3)19-16(12-27-21(19)23-13)14-8-10-15(25-2)11-9-14/h4-12H,1-3H3,(H,22,23,24). The molecule has 0 amide bonds. The number of anilines is 2. The van der Waals surface area contributed by atoms with Gasteiger partial charge in [-0.1, -0.05) is 24.3 Å². The highest BCUT2D eigenvalue weighted by atomic mass is 32.1. The predicted molar refractivity (Wildman–Crippen MR) is 110 cm³/mol. The minimum atomic E-state index is 0.725. The van der Waals surface area contributed by atoms with Gasteiger partial charge in [0.2, 0.25) is 0 Å². The lowest BCUT2D eigenvalue weighted by atomic mass is 10.1. The van der Waals surface area contributed by atoms with Gasteiger partial charge in [0, 0.05) is 10.9 Å². The van der Waals surface area contributed by atoms with Crippen molar-refractivity contribution >= 4 is 33.1 Å². The summed E-state index contributed by atoms with van der Waals surface area (Å²) in [5, 5.41) is 6.55. The second-order valence-electron chi connectivity index (χ2n) is 6.00. The first-order valence-electron chi connectivity index (χ1n) is 8.50. The van der Waals surface area contributed by atoms with E-state index < -0.39 is 0 Å². The van der Waals surface area contributed by atoms with E-state index in [1.54, 1.807) is 25.6 Å². The van der Waals surface area contributed by atoms with Crippen LogP contribution in [0.15, 0.2) is 53.9 Å². The van der Waals surface area contributed by atoms with Crippen LogP contribution in [-0.2, 0) is 0 Å². The third-order valence-corrected chi connectivity index (χ3v) is 5.18. The van der Waals surface area contributed by atoms with Gasteiger partial charge in [-0.2, -0.15) is 0 Å². The number of para-hydroxylation sites is 2. The average Bonchev–Trinajstić information content (AvgIpc) is 3.12. The zero-order valence-corrected chi connectivity index (χ0v) is 16.1. The monoisotopic (exact) mass is 377 g/mol. The molecule has 0 radical (unpaired) electrons. The van der Waals surface area contributed by atoms with E-state index >= 15 is 0 Å². The lowest BCUT2D eigenvalue weighted by molar-refractivity contribution is 0.415. The molecule has 0 spiro atoms. The van der Waals surface area contributed by atoms with Crippen LogP contribution in [0.2, 0.25) is 0 Å². The minimum Gasteiger partial charge on any atom is -0.497 e. The van der Waals surface area contributed by atoms with Gasteiger partial charge in [0.25, 0.3) is 0 Å². The van der Waals surface area contributed by atoms with E-state index in [0.717, 1.165) is 50.2 Å². The number of benzene rings is 2. The van der Waals surface area contributed by atoms with Gasteiger partial charge in [-0.15, -0.1) is 11.3 Å². The molecular weight excluding hydrogens is 358 g/mol. The lowest BCUT2D eigenvalue weighted by Gasteiger charge is -2.12. The van der Waals surface area contributed by atoms with Crippen molar-refractivity contribution < 1.29 is 9.47 Å². The Morgan fingerprint density at radius 3 is 2.44 bits per heavy atom. The molecule has 2 aromatic carbocycles. The molecule has 4 rings (SSSR count). The van der Waals surface area contributed by atoms with Gasteiger partial charge in [0.15, 0.2) is 0 Å². The first-order chi connectivity index (χ1) is 13.2. The molecule has 27 heavy (non-hydrogen) atoms. The van der Waals surface area contributed by atoms with Crippen LogP contribution in [-0.4, -0.2) is 24.2 Å². The third kappa shape index (κ3) is 3.31. The van der Waals surface area contributed by atoms with Gasteiger partial charge in [-0.3, -0.25) is 0 Å². The van der Waals surface area contributed by atoms with Crippen LogP contribution in [0.1, 0.15) is 5.82 Å². The van der Waals surface area contributed by atoms with E-state index in [2.05, 4.69) is 20.7 Å². The van der Waals surface area contributed by atoms with Crippen molar-refractivity contribution in [3.8, 4) is 22.6 Å². The zero-order valence-electron chi connectivity index (χ0n) is 15.3. The Labute approximate surface area is 161 Å². The van der Waals surface area contributed by atoms with Gasteiger partial charge in [0.1, 0.15) is 28.0 Å². The number of rotatable bonds is 5. The second-order valence-corrected chi connectivity index (χ2v) is 6.86. The first-order valence-corrected chi connectivity index (χ1v) is 9.38. The van der Waals surface area contributed by atoms with Crippen LogP contribution >= 0.6 is 11.3 Å². The van der Waals surface area contributed by atoms with Gasteiger partial charge in [-0.05, 0) is 36.8 Å². The molecule has 0 fully saturated rings. The number of aromatic nitrogens is 2. The van der Waals surface area contributed by atoms with Crippen molar-refractivity contribution in [1.29, 1.82) is 0 Å². The van der Waals surface area contributed by atoms with E-state index in [0.29, 0.717) is 0 Å². The van der Waals surface area contributed by atoms with Crippen molar-refractivity contribution in [2.24, 2.45) is 0 Å². The van der Waals surface area contributed by atoms with Crippen molar-refractivity contribution in [3.05, 3.63) is 59.7 Å². The number of hydrogen-bond donors (Lipinski definition) is 1. The lowest BCUT2D eigenvalue weighted by Crippen LogP contribution is -2.00. The molecule has 4 aromatic rings. The van der Waals surface area contributed by atoms with Crippen LogP contribution in [0, 0.1) is 6.92 Å². The van der Waals surface area contributed by atoms with E-state index in [-0.39, 0.29) is 0 Å². The number of aryl methyl sites for hydroxylation is 1. The maximum absolute atomic E-state index is 5.46. The van der Waals surface area contributed by atoms with E-state index in [4.69, 9.17) is 9.47 Å². The van der Waals surface area contributed by atoms with Crippen molar-refractivity contribution in [3.63, 3.8) is 0 Å². The van der Waals surface area contributed by atoms with Crippen molar-refractivity contribution in [2.75, 3.05) is 19.5 Å². The summed E-state index contributed by atoms with van der Waals surface area (Å²) in [5.41, 5.74) is 3.05. The molecule has 1 N–H and O–H groups in total. The van der Waals surface area contributed by atoms with Crippen LogP contribution in [0.4, 0.5) is 11.5 Å². The van der Waals surface area contributed by atoms with Crippen molar-refractivity contribution in [1.82, 2.24) is 9.97 Å². The SMILES string of the molecule is COc1ccc(-c2csc3nc(C)nc(Nc4ccccc4OC)c23)cc1. The van der Waals surface area contributed by atoms with Gasteiger partial charge >= 0.3 is 0 Å². The molecule has 2 aromatic heterocycles. The minimum absolute atomic E-state index is 0.725. The molecule has 136 valence electrons. The summed E-state index contributed by atoms with van der Waals surface area (Å²) in [6.07, 6.45) is 0. The number of nitrogens with one attached hydrogen (secondary N) is 1. The number of methoxy groups -OCH3 is 2. The van der Waals surface area contributed by atoms with Gasteiger partial charge in [0.05, 0.1) is 25.3 Å². The highest BCUT2D eigenvalue weighted by Crippen LogP contribution is 2.39. The molecule has 2 heterocycles. The summed E-state index contributed by atoms with van der Waals surface area (Å²) >= 11 is 1.61. The largest absolute Gasteiger partial charge is 0.497 e. The maximum Gasteiger partial charge on any atom is 0.143 e. The molecule has 0 saturated heterocycles. The highest BCUT2D eigenvalue weighted by Gasteiger charge is 2.16. The number of fused-ring (bicyclic) bond motifs is 1. The number of ether oxygens (including phenoxy) is 2. The molecule has 0 aliphatic heterocycles. The summed E-state index contributed by atoms with van der Waals surface area (Å²) in [5.74, 6) is 3.10. The normalized spacial score (nSPS) is 10.8. The topological polar surface area (TPSA) is 56.3 Å². The Balaban J connectivity index is 1.85. The molecule has 0 atom stereocenters.